The van der Waals surface area contributed by atoms with Gasteiger partial charge in [0.25, 0.3) is 0 Å². The largest absolute Gasteiger partial charge is 0.395 e. The number of hydrogen-bond acceptors (Lipinski definition) is 6. The highest BCUT2D eigenvalue weighted by atomic mass is 35.5. The summed E-state index contributed by atoms with van der Waals surface area (Å²) in [5.41, 5.74) is 2.10. The molecule has 21 heavy (non-hydrogen) atoms. The van der Waals surface area contributed by atoms with Gasteiger partial charge in [0.15, 0.2) is 11.5 Å². The molecule has 0 unspecified atom stereocenters. The van der Waals surface area contributed by atoms with E-state index >= 15 is 0 Å². The Kier molecular flexibility index (Phi) is 3.85. The van der Waals surface area contributed by atoms with E-state index in [0.29, 0.717) is 34.5 Å². The van der Waals surface area contributed by atoms with Crippen LogP contribution in [0.4, 0.5) is 17.5 Å². The van der Waals surface area contributed by atoms with E-state index in [1.807, 2.05) is 12.1 Å². The number of aromatic nitrogens is 4. The molecule has 0 aliphatic heterocycles. The number of anilines is 3. The number of nitrogens with one attached hydrogen (secondary N) is 3. The number of aliphatic hydroxyl groups is 1. The van der Waals surface area contributed by atoms with Gasteiger partial charge in [-0.3, -0.25) is 0 Å². The smallest absolute Gasteiger partial charge is 0.226 e. The molecule has 0 spiro atoms. The van der Waals surface area contributed by atoms with E-state index in [1.165, 1.54) is 0 Å². The fourth-order valence-electron chi connectivity index (χ4n) is 1.84. The molecule has 0 aliphatic rings. The molecule has 0 fully saturated rings. The topological polar surface area (TPSA) is 98.8 Å². The van der Waals surface area contributed by atoms with Gasteiger partial charge in [0.05, 0.1) is 12.9 Å². The first-order valence-corrected chi connectivity index (χ1v) is 6.72. The summed E-state index contributed by atoms with van der Waals surface area (Å²) >= 11 is 5.87. The van der Waals surface area contributed by atoms with Crippen LogP contribution in [-0.4, -0.2) is 38.2 Å². The molecule has 0 radical (unpaired) electrons. The molecule has 0 amide bonds. The van der Waals surface area contributed by atoms with E-state index in [4.69, 9.17) is 16.7 Å². The minimum atomic E-state index is 0.00189. The molecule has 8 heteroatoms. The van der Waals surface area contributed by atoms with E-state index in [0.717, 1.165) is 5.69 Å². The Balaban J connectivity index is 1.95. The van der Waals surface area contributed by atoms with Crippen LogP contribution in [0.1, 0.15) is 0 Å². The van der Waals surface area contributed by atoms with Gasteiger partial charge >= 0.3 is 0 Å². The molecule has 1 aromatic carbocycles. The third-order valence-corrected chi connectivity index (χ3v) is 3.04. The lowest BCUT2D eigenvalue weighted by molar-refractivity contribution is 0.311. The molecular formula is C13H13ClN6O. The van der Waals surface area contributed by atoms with Gasteiger partial charge in [0.2, 0.25) is 5.95 Å². The van der Waals surface area contributed by atoms with Crippen molar-refractivity contribution >= 4 is 40.2 Å². The lowest BCUT2D eigenvalue weighted by Crippen LogP contribution is -2.10. The predicted octanol–water partition coefficient (Wildman–Crippen LogP) is 2.15. The molecule has 0 bridgehead atoms. The Hall–Kier alpha value is -2.38. The minimum absolute atomic E-state index is 0.00189. The van der Waals surface area contributed by atoms with Crippen LogP contribution < -0.4 is 10.6 Å². The maximum Gasteiger partial charge on any atom is 0.226 e. The first-order chi connectivity index (χ1) is 10.3. The number of aromatic amines is 1. The van der Waals surface area contributed by atoms with Gasteiger partial charge in [-0.05, 0) is 24.3 Å². The van der Waals surface area contributed by atoms with Crippen LogP contribution in [-0.2, 0) is 0 Å². The lowest BCUT2D eigenvalue weighted by atomic mass is 10.3. The van der Waals surface area contributed by atoms with Crippen molar-refractivity contribution in [1.29, 1.82) is 0 Å². The third kappa shape index (κ3) is 3.04. The van der Waals surface area contributed by atoms with Crippen LogP contribution >= 0.6 is 11.6 Å². The fraction of sp³-hybridized carbons (Fsp3) is 0.154. The zero-order valence-electron chi connectivity index (χ0n) is 11.0. The highest BCUT2D eigenvalue weighted by Gasteiger charge is 2.10. The second kappa shape index (κ2) is 5.94. The molecular weight excluding hydrogens is 292 g/mol. The zero-order valence-corrected chi connectivity index (χ0v) is 11.7. The number of aliphatic hydroxyl groups excluding tert-OH is 1. The molecule has 2 aromatic heterocycles. The number of fused-ring (bicyclic) bond motifs is 1. The van der Waals surface area contributed by atoms with Crippen LogP contribution in [0.5, 0.6) is 0 Å². The van der Waals surface area contributed by atoms with E-state index in [2.05, 4.69) is 30.6 Å². The Morgan fingerprint density at radius 3 is 2.76 bits per heavy atom. The molecule has 3 rings (SSSR count). The maximum absolute atomic E-state index is 8.86. The summed E-state index contributed by atoms with van der Waals surface area (Å²) in [4.78, 5) is 15.8. The van der Waals surface area contributed by atoms with Crippen LogP contribution in [0.2, 0.25) is 5.02 Å². The van der Waals surface area contributed by atoms with Gasteiger partial charge < -0.3 is 20.7 Å². The van der Waals surface area contributed by atoms with Gasteiger partial charge in [-0.2, -0.15) is 9.97 Å². The molecule has 0 aliphatic carbocycles. The second-order valence-corrected chi connectivity index (χ2v) is 4.72. The summed E-state index contributed by atoms with van der Waals surface area (Å²) in [6, 6.07) is 7.29. The van der Waals surface area contributed by atoms with Gasteiger partial charge in [-0.25, -0.2) is 4.98 Å². The average molecular weight is 305 g/mol. The summed E-state index contributed by atoms with van der Waals surface area (Å²) in [5.74, 6) is 1.00. The number of imidazole rings is 1. The van der Waals surface area contributed by atoms with Crippen molar-refractivity contribution in [3.63, 3.8) is 0 Å². The summed E-state index contributed by atoms with van der Waals surface area (Å²) in [6.07, 6.45) is 1.56. The Morgan fingerprint density at radius 2 is 2.00 bits per heavy atom. The molecule has 3 aromatic rings. The molecule has 0 atom stereocenters. The SMILES string of the molecule is OCCNc1nc(Nc2ccc(Cl)cc2)c2[nH]cnc2n1. The van der Waals surface area contributed by atoms with Crippen molar-refractivity contribution in [2.24, 2.45) is 0 Å². The summed E-state index contributed by atoms with van der Waals surface area (Å²) in [6.45, 7) is 0.373. The van der Waals surface area contributed by atoms with Crippen LogP contribution in [0.3, 0.4) is 0 Å². The molecule has 7 nitrogen and oxygen atoms in total. The van der Waals surface area contributed by atoms with Crippen molar-refractivity contribution in [2.45, 2.75) is 0 Å². The quantitative estimate of drug-likeness (QED) is 0.576. The van der Waals surface area contributed by atoms with Crippen LogP contribution in [0, 0.1) is 0 Å². The highest BCUT2D eigenvalue weighted by molar-refractivity contribution is 6.30. The second-order valence-electron chi connectivity index (χ2n) is 4.28. The van der Waals surface area contributed by atoms with E-state index in [9.17, 15) is 0 Å². The van der Waals surface area contributed by atoms with Crippen molar-refractivity contribution in [3.05, 3.63) is 35.6 Å². The number of hydrogen-bond donors (Lipinski definition) is 4. The standard InChI is InChI=1S/C13H13ClN6O/c14-8-1-3-9(4-2-8)18-12-10-11(17-7-16-10)19-13(20-12)15-5-6-21/h1-4,7,21H,5-6H2,(H3,15,16,17,18,19,20). The van der Waals surface area contributed by atoms with Gasteiger partial charge in [-0.15, -0.1) is 0 Å². The van der Waals surface area contributed by atoms with Gasteiger partial charge in [0, 0.05) is 17.3 Å². The monoisotopic (exact) mass is 304 g/mol. The minimum Gasteiger partial charge on any atom is -0.395 e. The highest BCUT2D eigenvalue weighted by Crippen LogP contribution is 2.23. The fourth-order valence-corrected chi connectivity index (χ4v) is 1.97. The maximum atomic E-state index is 8.86. The summed E-state index contributed by atoms with van der Waals surface area (Å²) < 4.78 is 0. The molecule has 4 N–H and O–H groups in total. The average Bonchev–Trinajstić information content (AvgIpc) is 2.96. The molecule has 2 heterocycles. The van der Waals surface area contributed by atoms with Gasteiger partial charge in [0.1, 0.15) is 5.52 Å². The van der Waals surface area contributed by atoms with E-state index in [-0.39, 0.29) is 6.61 Å². The molecule has 0 saturated heterocycles. The van der Waals surface area contributed by atoms with E-state index < -0.39 is 0 Å². The van der Waals surface area contributed by atoms with Crippen molar-refractivity contribution < 1.29 is 5.11 Å². The van der Waals surface area contributed by atoms with Crippen molar-refractivity contribution in [1.82, 2.24) is 19.9 Å². The molecule has 108 valence electrons. The van der Waals surface area contributed by atoms with Crippen LogP contribution in [0.15, 0.2) is 30.6 Å². The van der Waals surface area contributed by atoms with Crippen molar-refractivity contribution in [3.8, 4) is 0 Å². The Labute approximate surface area is 125 Å². The number of H-pyrrole nitrogens is 1. The number of halogens is 1. The normalized spacial score (nSPS) is 10.8. The number of nitrogens with zero attached hydrogens (tertiary/aromatic N) is 3. The Bertz CT molecular complexity index is 742. The predicted molar refractivity (Wildman–Crippen MR) is 82.0 cm³/mol. The molecule has 0 saturated carbocycles. The number of rotatable bonds is 5. The third-order valence-electron chi connectivity index (χ3n) is 2.79. The van der Waals surface area contributed by atoms with Crippen LogP contribution in [0.25, 0.3) is 11.2 Å². The summed E-state index contributed by atoms with van der Waals surface area (Å²) in [7, 11) is 0. The zero-order chi connectivity index (χ0) is 14.7. The first kappa shape index (κ1) is 13.6. The summed E-state index contributed by atoms with van der Waals surface area (Å²) in [5, 5.41) is 15.6. The lowest BCUT2D eigenvalue weighted by Gasteiger charge is -2.09. The first-order valence-electron chi connectivity index (χ1n) is 6.35. The number of benzene rings is 1. The van der Waals surface area contributed by atoms with Crippen molar-refractivity contribution in [2.75, 3.05) is 23.8 Å². The Morgan fingerprint density at radius 1 is 1.19 bits per heavy atom. The van der Waals surface area contributed by atoms with Gasteiger partial charge in [-0.1, -0.05) is 11.6 Å². The van der Waals surface area contributed by atoms with E-state index in [1.54, 1.807) is 18.5 Å².